The molecule has 0 spiro atoms. The zero-order chi connectivity index (χ0) is 28.7. The minimum Gasteiger partial charge on any atom is -0.385 e. The van der Waals surface area contributed by atoms with Crippen molar-refractivity contribution in [3.05, 3.63) is 55.9 Å². The first-order chi connectivity index (χ1) is 16.5. The van der Waals surface area contributed by atoms with E-state index in [0.717, 1.165) is 6.42 Å². The molecule has 0 aromatic carbocycles. The average molecular weight is 1400 g/mol. The van der Waals surface area contributed by atoms with Gasteiger partial charge in [-0.05, 0) is 30.9 Å². The fourth-order valence-corrected chi connectivity index (χ4v) is 3.31. The Labute approximate surface area is 544 Å². The molecule has 46 heavy (non-hydrogen) atoms. The Balaban J connectivity index is -0.0000000382. The summed E-state index contributed by atoms with van der Waals surface area (Å²) in [5, 5.41) is 0. The summed E-state index contributed by atoms with van der Waals surface area (Å²) in [6.45, 7) is 40.3. The van der Waals surface area contributed by atoms with Crippen molar-refractivity contribution in [1.29, 1.82) is 0 Å². The van der Waals surface area contributed by atoms with E-state index < -0.39 is 24.9 Å². The summed E-state index contributed by atoms with van der Waals surface area (Å²) in [6, 6.07) is -0.452. The van der Waals surface area contributed by atoms with Gasteiger partial charge in [0, 0.05) is 328 Å². The maximum Gasteiger partial charge on any atom is 0.131 e. The largest absolute Gasteiger partial charge is 0.385 e. The number of alkyl halides is 1. The topological polar surface area (TPSA) is 27.7 Å². The molecule has 3 nitrogen and oxygen atoms in total. The van der Waals surface area contributed by atoms with Crippen LogP contribution in [-0.2, 0) is 341 Å². The average Bonchev–Trinajstić information content (AvgIpc) is 2.78. The van der Waals surface area contributed by atoms with E-state index in [-0.39, 0.29) is 377 Å². The van der Waals surface area contributed by atoms with Crippen LogP contribution in [0.1, 0.15) is 69.1 Å². The molecule has 0 amide bonds. The maximum absolute atomic E-state index is 10.9. The molecule has 0 bridgehead atoms. The molecule has 2 fully saturated rings. The summed E-state index contributed by atoms with van der Waals surface area (Å²) in [5.41, 5.74) is 0. The zero-order valence-electron chi connectivity index (χ0n) is 31.5. The maximum atomic E-state index is 10.9. The summed E-state index contributed by atoms with van der Waals surface area (Å²) in [4.78, 5) is 0. The summed E-state index contributed by atoms with van der Waals surface area (Å²) < 4.78 is 36.9. The van der Waals surface area contributed by atoms with Crippen molar-refractivity contribution >= 4 is 7.85 Å². The second-order valence-electron chi connectivity index (χ2n) is 10.2. The number of ether oxygens (including phenoxy) is 3. The standard InChI is InChI=1S/C18H30BO3.C5H11.C4H8.C3H6F.CH3.10Y/c1-7-16-13(5)12(4)14(6)18(22-16)20-9-15-8-10(2)11(3)17(19)21-15;1-4-5(2)3;1-4(2)3;1-3(2)4;;;;;;;;;;;/h10-18H,3-4,6-9H2,1-2,5H3;5H,2,4H2,1,3H3;4H,1-2H2,3H3;3H,1H2,2H3;1H3;;;;;;;;;;/q-3;-1;-2;2*-1;;;;;;;;;;/t10-,11?,12-,13-,14?,15?,16?,17-,18+;5-;;3-;;;;;;;;;;;/m00.0.........../s1/i8D;;;;;;;;;;;;;;/t8-,10-,11?,12-,13-,14?,15?,16?,17-,18+;;;;;;;;;;;;;;. The third-order valence-corrected chi connectivity index (χ3v) is 5.94. The first-order valence-corrected chi connectivity index (χ1v) is 13.1. The predicted octanol–water partition coefficient (Wildman–Crippen LogP) is 7.81. The van der Waals surface area contributed by atoms with Crippen LogP contribution in [0.2, 0.25) is 0 Å². The Hall–Kier alpha value is 10.9. The first kappa shape index (κ1) is 88.2. The molecule has 12 atom stereocenters. The molecule has 0 aromatic heterocycles. The molecular formula is C31H58BFO3Y10-8. The fourth-order valence-electron chi connectivity index (χ4n) is 3.31. The molecule has 0 saturated carbocycles. The van der Waals surface area contributed by atoms with Gasteiger partial charge in [-0.1, -0.05) is 53.9 Å². The van der Waals surface area contributed by atoms with Gasteiger partial charge in [0.05, 0.1) is 18.8 Å². The number of halogens is 1. The molecule has 4 unspecified atom stereocenters. The van der Waals surface area contributed by atoms with E-state index in [1.54, 1.807) is 0 Å². The van der Waals surface area contributed by atoms with Crippen molar-refractivity contribution in [3.63, 3.8) is 0 Å². The molecule has 0 N–H and O–H groups in total. The molecule has 12 radical (unpaired) electrons. The van der Waals surface area contributed by atoms with Gasteiger partial charge in [0.15, 0.2) is 0 Å². The molecule has 0 aromatic rings. The Morgan fingerprint density at radius 3 is 1.46 bits per heavy atom. The van der Waals surface area contributed by atoms with Gasteiger partial charge in [0.2, 0.25) is 0 Å². The number of rotatable bonds is 5. The molecule has 248 valence electrons. The Bertz CT molecular complexity index is 544. The summed E-state index contributed by atoms with van der Waals surface area (Å²) in [5.74, 6) is 1.47. The van der Waals surface area contributed by atoms with Gasteiger partial charge in [-0.2, -0.15) is 11.8 Å². The van der Waals surface area contributed by atoms with Crippen molar-refractivity contribution in [3.8, 4) is 0 Å². The summed E-state index contributed by atoms with van der Waals surface area (Å²) >= 11 is 0. The van der Waals surface area contributed by atoms with Gasteiger partial charge < -0.3 is 76.0 Å². The molecule has 2 rings (SSSR count). The predicted molar refractivity (Wildman–Crippen MR) is 156 cm³/mol. The summed E-state index contributed by atoms with van der Waals surface area (Å²) in [7, 11) is 5.96. The second kappa shape index (κ2) is 58.0. The van der Waals surface area contributed by atoms with E-state index in [2.05, 4.69) is 76.2 Å². The monoisotopic (exact) mass is 1400 g/mol. The third kappa shape index (κ3) is 51.1. The van der Waals surface area contributed by atoms with E-state index in [9.17, 15) is 4.39 Å². The quantitative estimate of drug-likeness (QED) is 0.208. The minimum absolute atomic E-state index is 0. The van der Waals surface area contributed by atoms with Crippen LogP contribution in [0, 0.1) is 97.3 Å². The van der Waals surface area contributed by atoms with Crippen molar-refractivity contribution in [2.24, 2.45) is 41.4 Å². The van der Waals surface area contributed by atoms with E-state index >= 15 is 0 Å². The summed E-state index contributed by atoms with van der Waals surface area (Å²) in [6.07, 6.45) is 0.159. The van der Waals surface area contributed by atoms with E-state index in [1.165, 1.54) is 13.3 Å². The van der Waals surface area contributed by atoms with Crippen LogP contribution in [0.5, 0.6) is 0 Å². The molecule has 2 aliphatic rings. The zero-order valence-corrected chi connectivity index (χ0v) is 58.9. The van der Waals surface area contributed by atoms with Crippen molar-refractivity contribution in [2.45, 2.75) is 98.4 Å². The van der Waals surface area contributed by atoms with Gasteiger partial charge in [0.1, 0.15) is 14.1 Å². The van der Waals surface area contributed by atoms with Crippen LogP contribution in [0.3, 0.4) is 0 Å². The van der Waals surface area contributed by atoms with Gasteiger partial charge in [-0.3, -0.25) is 4.39 Å². The molecule has 0 aliphatic carbocycles. The number of hydrogen-bond acceptors (Lipinski definition) is 3. The van der Waals surface area contributed by atoms with Crippen molar-refractivity contribution in [1.82, 2.24) is 0 Å². The number of hydrogen-bond donors (Lipinski definition) is 0. The van der Waals surface area contributed by atoms with Crippen LogP contribution in [0.25, 0.3) is 0 Å². The van der Waals surface area contributed by atoms with Crippen molar-refractivity contribution in [2.75, 3.05) is 6.61 Å². The molecule has 2 heterocycles. The minimum atomic E-state index is -0.917. The van der Waals surface area contributed by atoms with Crippen LogP contribution in [-0.4, -0.2) is 45.1 Å². The molecule has 2 aliphatic heterocycles. The Morgan fingerprint density at radius 1 is 0.804 bits per heavy atom. The first-order valence-electron chi connectivity index (χ1n) is 13.6. The normalized spacial score (nSPS) is 29.6. The van der Waals surface area contributed by atoms with Gasteiger partial charge >= 0.3 is 0 Å². The second-order valence-corrected chi connectivity index (χ2v) is 10.2. The molecule has 2 saturated heterocycles. The van der Waals surface area contributed by atoms with Crippen LogP contribution < -0.4 is 0 Å². The Kier molecular flexibility index (Phi) is 111. The van der Waals surface area contributed by atoms with E-state index in [4.69, 9.17) is 23.4 Å². The van der Waals surface area contributed by atoms with Crippen LogP contribution in [0.15, 0.2) is 0 Å². The fraction of sp³-hybridized carbons (Fsp3) is 0.742. The van der Waals surface area contributed by atoms with Gasteiger partial charge in [-0.15, -0.1) is 18.8 Å². The molecule has 15 heteroatoms. The van der Waals surface area contributed by atoms with Gasteiger partial charge in [-0.25, -0.2) is 0 Å². The molecular weight excluding hydrogens is 1340 g/mol. The van der Waals surface area contributed by atoms with E-state index in [1.807, 2.05) is 13.8 Å². The third-order valence-electron chi connectivity index (χ3n) is 5.94. The SMILES string of the molecule is [2H][C@@H]1C(CO[C@@H]2OC(CC)[C@@H](C)[C@H]([CH2-])C2[CH2-])O[C@H]([B])C([CH2-])[C@H]1C.[CH2-]C([CH2-])C.[CH2-][C@@H](C)CC.[CH2-][C@@H](C)F.[CH3-].[Y].[Y].[Y].[Y].[Y].[Y].[Y].[Y].[Y].[Y]. The van der Waals surface area contributed by atoms with Crippen LogP contribution in [0.4, 0.5) is 4.39 Å². The Morgan fingerprint density at radius 2 is 1.15 bits per heavy atom. The van der Waals surface area contributed by atoms with Gasteiger partial charge in [0.25, 0.3) is 0 Å². The van der Waals surface area contributed by atoms with Crippen LogP contribution >= 0.6 is 0 Å². The van der Waals surface area contributed by atoms with E-state index in [0.29, 0.717) is 17.8 Å². The smallest absolute Gasteiger partial charge is 0.131 e. The van der Waals surface area contributed by atoms with Crippen molar-refractivity contribution < 1.29 is 347 Å².